The molecule has 3 aliphatic heterocycles. The Morgan fingerprint density at radius 1 is 0.915 bits per heavy atom. The van der Waals surface area contributed by atoms with Gasteiger partial charge in [-0.2, -0.15) is 5.26 Å². The number of rotatable bonds is 12. The standard InChI is InChI=1S/C43H47ClN8O7/c1-2-50(28-17-32(18-28)59-30-9-10-33-34(19-30)43(57)52(42(33)56)37-11-12-39(53)49-41(37)55)24-25-13-15-51(16-14-25)38-23-46-36(22-47-38)40(54)48-27-4-7-29(8-5-27)58-31-6-3-26(21-45)35(44)20-31/h3,6,9-10,19-20,22-23,25,27-29,32,37H,2,4-5,7-8,11-18,24H2,1H3,(H,48,54)(H,49,53,55)/t27?,28?,29?,32?,37-/m1/s1. The number of ether oxygens (including phenoxy) is 2. The summed E-state index contributed by atoms with van der Waals surface area (Å²) in [5, 5.41) is 14.8. The fourth-order valence-corrected chi connectivity index (χ4v) is 9.11. The van der Waals surface area contributed by atoms with E-state index < -0.39 is 29.7 Å². The highest BCUT2D eigenvalue weighted by Gasteiger charge is 2.45. The minimum Gasteiger partial charge on any atom is -0.490 e. The SMILES string of the molecule is CCN(CC1CCN(c2cnc(C(=O)NC3CCC(Oc4ccc(C#N)c(Cl)c4)CC3)cn2)CC1)C1CC(Oc2ccc3c(c2)C(=O)N([C@@H]2CCC(=O)NC2=O)C3=O)C1. The molecule has 0 spiro atoms. The van der Waals surface area contributed by atoms with Crippen molar-refractivity contribution in [3.63, 3.8) is 0 Å². The lowest BCUT2D eigenvalue weighted by molar-refractivity contribution is -0.136. The number of nitrogens with one attached hydrogen (secondary N) is 2. The van der Waals surface area contributed by atoms with Crippen LogP contribution < -0.4 is 25.0 Å². The quantitative estimate of drug-likeness (QED) is 0.241. The molecule has 2 N–H and O–H groups in total. The Kier molecular flexibility index (Phi) is 11.8. The number of imide groups is 2. The first-order chi connectivity index (χ1) is 28.6. The predicted octanol–water partition coefficient (Wildman–Crippen LogP) is 4.67. The molecule has 2 saturated heterocycles. The van der Waals surface area contributed by atoms with E-state index in [2.05, 4.69) is 43.4 Å². The second-order valence-corrected chi connectivity index (χ2v) is 16.5. The number of nitriles is 1. The molecule has 1 aromatic heterocycles. The molecule has 4 fully saturated rings. The van der Waals surface area contributed by atoms with Gasteiger partial charge in [-0.25, -0.2) is 9.97 Å². The Labute approximate surface area is 347 Å². The van der Waals surface area contributed by atoms with Crippen molar-refractivity contribution in [2.75, 3.05) is 31.1 Å². The Hall–Kier alpha value is -5.59. The summed E-state index contributed by atoms with van der Waals surface area (Å²) in [6, 6.07) is 11.4. The van der Waals surface area contributed by atoms with Crippen LogP contribution in [0.15, 0.2) is 48.8 Å². The monoisotopic (exact) mass is 822 g/mol. The third-order valence-corrected chi connectivity index (χ3v) is 12.7. The van der Waals surface area contributed by atoms with Crippen LogP contribution in [-0.2, 0) is 9.59 Å². The summed E-state index contributed by atoms with van der Waals surface area (Å²) in [4.78, 5) is 78.1. The molecule has 59 heavy (non-hydrogen) atoms. The van der Waals surface area contributed by atoms with E-state index in [0.717, 1.165) is 88.3 Å². The first-order valence-corrected chi connectivity index (χ1v) is 20.9. The number of aromatic nitrogens is 2. The van der Waals surface area contributed by atoms with Crippen molar-refractivity contribution in [2.24, 2.45) is 5.92 Å². The van der Waals surface area contributed by atoms with Gasteiger partial charge in [0, 0.05) is 57.0 Å². The van der Waals surface area contributed by atoms with Gasteiger partial charge in [0.2, 0.25) is 11.8 Å². The summed E-state index contributed by atoms with van der Waals surface area (Å²) in [6.07, 6.45) is 10.4. The number of piperidine rings is 2. The first kappa shape index (κ1) is 40.2. The zero-order valence-electron chi connectivity index (χ0n) is 32.9. The van der Waals surface area contributed by atoms with E-state index in [-0.39, 0.29) is 48.1 Å². The highest BCUT2D eigenvalue weighted by Crippen LogP contribution is 2.35. The number of carbonyl (C=O) groups is 5. The maximum Gasteiger partial charge on any atom is 0.271 e. The maximum absolute atomic E-state index is 13.2. The summed E-state index contributed by atoms with van der Waals surface area (Å²) in [5.74, 6) is 0.124. The molecule has 2 saturated carbocycles. The summed E-state index contributed by atoms with van der Waals surface area (Å²) in [7, 11) is 0. The summed E-state index contributed by atoms with van der Waals surface area (Å²) >= 11 is 6.15. The van der Waals surface area contributed by atoms with Crippen LogP contribution in [0.1, 0.15) is 108 Å². The first-order valence-electron chi connectivity index (χ1n) is 20.6. The van der Waals surface area contributed by atoms with Crippen LogP contribution in [0, 0.1) is 17.2 Å². The largest absolute Gasteiger partial charge is 0.490 e. The van der Waals surface area contributed by atoms with E-state index in [9.17, 15) is 24.0 Å². The van der Waals surface area contributed by atoms with Gasteiger partial charge in [0.15, 0.2) is 0 Å². The minimum absolute atomic E-state index is 0.00723. The molecular weight excluding hydrogens is 776 g/mol. The maximum atomic E-state index is 13.2. The van der Waals surface area contributed by atoms with E-state index in [1.807, 2.05) is 0 Å². The second-order valence-electron chi connectivity index (χ2n) is 16.1. The van der Waals surface area contributed by atoms with Gasteiger partial charge < -0.3 is 24.6 Å². The Morgan fingerprint density at radius 3 is 2.31 bits per heavy atom. The van der Waals surface area contributed by atoms with Gasteiger partial charge >= 0.3 is 0 Å². The molecule has 0 radical (unpaired) electrons. The number of hydrogen-bond donors (Lipinski definition) is 2. The van der Waals surface area contributed by atoms with Crippen molar-refractivity contribution >= 4 is 47.0 Å². The van der Waals surface area contributed by atoms with E-state index in [4.69, 9.17) is 26.3 Å². The van der Waals surface area contributed by atoms with E-state index in [0.29, 0.717) is 39.7 Å². The molecule has 308 valence electrons. The second kappa shape index (κ2) is 17.3. The van der Waals surface area contributed by atoms with Crippen molar-refractivity contribution in [3.8, 4) is 17.6 Å². The molecule has 3 aromatic rings. The number of anilines is 1. The molecule has 4 heterocycles. The molecule has 8 rings (SSSR count). The van der Waals surface area contributed by atoms with Crippen LogP contribution in [0.25, 0.3) is 0 Å². The van der Waals surface area contributed by atoms with Crippen molar-refractivity contribution < 1.29 is 33.4 Å². The van der Waals surface area contributed by atoms with E-state index in [1.165, 1.54) is 0 Å². The zero-order valence-corrected chi connectivity index (χ0v) is 33.7. The number of hydrogen-bond acceptors (Lipinski definition) is 12. The van der Waals surface area contributed by atoms with Gasteiger partial charge in [0.05, 0.1) is 40.2 Å². The number of benzene rings is 2. The van der Waals surface area contributed by atoms with Crippen LogP contribution in [0.4, 0.5) is 5.82 Å². The lowest BCUT2D eigenvalue weighted by Gasteiger charge is -2.44. The number of nitrogens with zero attached hydrogens (tertiary/aromatic N) is 6. The van der Waals surface area contributed by atoms with Crippen LogP contribution >= 0.6 is 11.6 Å². The number of amides is 5. The fourth-order valence-electron chi connectivity index (χ4n) is 8.90. The number of carbonyl (C=O) groups excluding carboxylic acids is 5. The highest BCUT2D eigenvalue weighted by molar-refractivity contribution is 6.31. The molecule has 0 unspecified atom stereocenters. The average Bonchev–Trinajstić information content (AvgIpc) is 3.47. The molecule has 15 nitrogen and oxygen atoms in total. The Balaban J connectivity index is 0.748. The van der Waals surface area contributed by atoms with Gasteiger partial charge in [0.1, 0.15) is 41.2 Å². The zero-order chi connectivity index (χ0) is 41.2. The van der Waals surface area contributed by atoms with Crippen molar-refractivity contribution in [2.45, 2.75) is 101 Å². The molecule has 5 amide bonds. The van der Waals surface area contributed by atoms with Crippen molar-refractivity contribution in [1.82, 2.24) is 30.4 Å². The average molecular weight is 823 g/mol. The van der Waals surface area contributed by atoms with Crippen LogP contribution in [0.3, 0.4) is 0 Å². The summed E-state index contributed by atoms with van der Waals surface area (Å²) < 4.78 is 12.3. The normalized spacial score (nSPS) is 24.6. The fraction of sp³-hybridized carbons (Fsp3) is 0.488. The summed E-state index contributed by atoms with van der Waals surface area (Å²) in [6.45, 7) is 5.83. The number of halogens is 1. The molecule has 2 aromatic carbocycles. The van der Waals surface area contributed by atoms with Gasteiger partial charge in [-0.05, 0) is 87.7 Å². The predicted molar refractivity (Wildman–Crippen MR) is 215 cm³/mol. The molecular formula is C43H47ClN8O7. The topological polar surface area (TPSA) is 187 Å². The Morgan fingerprint density at radius 2 is 1.63 bits per heavy atom. The van der Waals surface area contributed by atoms with Crippen LogP contribution in [0.5, 0.6) is 11.5 Å². The molecule has 2 aliphatic carbocycles. The lowest BCUT2D eigenvalue weighted by atomic mass is 9.86. The molecule has 0 bridgehead atoms. The number of fused-ring (bicyclic) bond motifs is 1. The van der Waals surface area contributed by atoms with Crippen molar-refractivity contribution in [1.29, 1.82) is 5.26 Å². The minimum atomic E-state index is -1.00. The molecule has 1 atom stereocenters. The highest BCUT2D eigenvalue weighted by atomic mass is 35.5. The third-order valence-electron chi connectivity index (χ3n) is 12.4. The van der Waals surface area contributed by atoms with Crippen molar-refractivity contribution in [3.05, 3.63) is 76.2 Å². The van der Waals surface area contributed by atoms with E-state index >= 15 is 0 Å². The van der Waals surface area contributed by atoms with E-state index in [1.54, 1.807) is 48.8 Å². The molecule has 5 aliphatic rings. The third kappa shape index (κ3) is 8.74. The lowest BCUT2D eigenvalue weighted by Crippen LogP contribution is -2.54. The Bertz CT molecular complexity index is 2160. The van der Waals surface area contributed by atoms with Gasteiger partial charge in [-0.15, -0.1) is 0 Å². The molecule has 16 heteroatoms. The van der Waals surface area contributed by atoms with Crippen LogP contribution in [-0.4, -0.2) is 106 Å². The van der Waals surface area contributed by atoms with Gasteiger partial charge in [-0.3, -0.25) is 34.2 Å². The summed E-state index contributed by atoms with van der Waals surface area (Å²) in [5.41, 5.74) is 1.16. The van der Waals surface area contributed by atoms with Gasteiger partial charge in [0.25, 0.3) is 17.7 Å². The van der Waals surface area contributed by atoms with Gasteiger partial charge in [-0.1, -0.05) is 18.5 Å². The smallest absolute Gasteiger partial charge is 0.271 e. The van der Waals surface area contributed by atoms with Crippen LogP contribution in [0.2, 0.25) is 5.02 Å².